The van der Waals surface area contributed by atoms with Crippen LogP contribution in [0, 0.1) is 5.92 Å². The fraction of sp³-hybridized carbons (Fsp3) is 0.875. The molecular weight excluding hydrogens is 268 g/mol. The van der Waals surface area contributed by atoms with Crippen LogP contribution < -0.4 is 5.32 Å². The molecule has 5 nitrogen and oxygen atoms in total. The Balaban J connectivity index is 1.86. The van der Waals surface area contributed by atoms with E-state index in [0.29, 0.717) is 5.92 Å². The Kier molecular flexibility index (Phi) is 6.03. The summed E-state index contributed by atoms with van der Waals surface area (Å²) in [5.41, 5.74) is 0. The van der Waals surface area contributed by atoms with Gasteiger partial charge in [0.2, 0.25) is 5.91 Å². The fourth-order valence-electron chi connectivity index (χ4n) is 3.72. The average Bonchev–Trinajstić information content (AvgIpc) is 2.94. The second-order valence-electron chi connectivity index (χ2n) is 6.67. The van der Waals surface area contributed by atoms with Crippen molar-refractivity contribution in [3.63, 3.8) is 0 Å². The molecule has 0 aromatic carbocycles. The topological polar surface area (TPSA) is 69.6 Å². The van der Waals surface area contributed by atoms with E-state index in [1.807, 2.05) is 4.90 Å². The normalized spacial score (nSPS) is 27.0. The van der Waals surface area contributed by atoms with E-state index >= 15 is 0 Å². The molecule has 0 heterocycles. The molecule has 0 aromatic heterocycles. The van der Waals surface area contributed by atoms with Gasteiger partial charge in [0, 0.05) is 12.1 Å². The quantitative estimate of drug-likeness (QED) is 0.786. The third-order valence-corrected chi connectivity index (χ3v) is 4.98. The Labute approximate surface area is 127 Å². The minimum absolute atomic E-state index is 0.0121. The van der Waals surface area contributed by atoms with Gasteiger partial charge in [0.25, 0.3) is 0 Å². The van der Waals surface area contributed by atoms with Crippen LogP contribution in [0.4, 0.5) is 0 Å². The SMILES string of the molecule is CC1CCCCC1NC(=O)CN(CC(=O)O)C1CCCC1. The summed E-state index contributed by atoms with van der Waals surface area (Å²) in [7, 11) is 0. The number of carboxylic acid groups (broad SMARTS) is 1. The predicted molar refractivity (Wildman–Crippen MR) is 81.0 cm³/mol. The zero-order chi connectivity index (χ0) is 15.2. The number of carbonyl (C=O) groups is 2. The van der Waals surface area contributed by atoms with Gasteiger partial charge in [-0.05, 0) is 31.6 Å². The molecule has 2 saturated carbocycles. The van der Waals surface area contributed by atoms with Crippen LogP contribution in [0.3, 0.4) is 0 Å². The minimum Gasteiger partial charge on any atom is -0.480 e. The highest BCUT2D eigenvalue weighted by Gasteiger charge is 2.28. The van der Waals surface area contributed by atoms with Crippen LogP contribution in [0.5, 0.6) is 0 Å². The molecule has 2 aliphatic carbocycles. The summed E-state index contributed by atoms with van der Waals surface area (Å²) in [4.78, 5) is 25.1. The standard InChI is InChI=1S/C16H28N2O3/c1-12-6-2-5-9-14(12)17-15(19)10-18(11-16(20)21)13-7-3-4-8-13/h12-14H,2-11H2,1H3,(H,17,19)(H,20,21). The molecule has 5 heteroatoms. The van der Waals surface area contributed by atoms with E-state index in [-0.39, 0.29) is 31.1 Å². The molecule has 21 heavy (non-hydrogen) atoms. The Morgan fingerprint density at radius 2 is 1.67 bits per heavy atom. The van der Waals surface area contributed by atoms with Crippen molar-refractivity contribution < 1.29 is 14.7 Å². The number of nitrogens with one attached hydrogen (secondary N) is 1. The Hall–Kier alpha value is -1.10. The molecule has 2 aliphatic rings. The highest BCUT2D eigenvalue weighted by Crippen LogP contribution is 2.25. The molecule has 120 valence electrons. The van der Waals surface area contributed by atoms with Gasteiger partial charge in [-0.1, -0.05) is 32.6 Å². The third-order valence-electron chi connectivity index (χ3n) is 4.98. The molecule has 2 rings (SSSR count). The lowest BCUT2D eigenvalue weighted by molar-refractivity contribution is -0.139. The lowest BCUT2D eigenvalue weighted by atomic mass is 9.86. The van der Waals surface area contributed by atoms with Gasteiger partial charge in [-0.3, -0.25) is 14.5 Å². The molecule has 0 bridgehead atoms. The van der Waals surface area contributed by atoms with Gasteiger partial charge in [0.15, 0.2) is 0 Å². The van der Waals surface area contributed by atoms with Crippen LogP contribution in [0.2, 0.25) is 0 Å². The summed E-state index contributed by atoms with van der Waals surface area (Å²) in [5.74, 6) is -0.329. The first-order valence-corrected chi connectivity index (χ1v) is 8.31. The van der Waals surface area contributed by atoms with Crippen LogP contribution >= 0.6 is 0 Å². The summed E-state index contributed by atoms with van der Waals surface area (Å²) < 4.78 is 0. The Morgan fingerprint density at radius 3 is 2.29 bits per heavy atom. The lowest BCUT2D eigenvalue weighted by Gasteiger charge is -2.31. The van der Waals surface area contributed by atoms with E-state index in [0.717, 1.165) is 32.1 Å². The number of aliphatic carboxylic acids is 1. The first-order chi connectivity index (χ1) is 10.1. The molecule has 0 radical (unpaired) electrons. The zero-order valence-corrected chi connectivity index (χ0v) is 13.0. The molecule has 2 fully saturated rings. The molecule has 0 aliphatic heterocycles. The molecule has 0 spiro atoms. The van der Waals surface area contributed by atoms with Crippen molar-refractivity contribution in [1.29, 1.82) is 0 Å². The van der Waals surface area contributed by atoms with Crippen LogP contribution in [0.15, 0.2) is 0 Å². The van der Waals surface area contributed by atoms with E-state index in [2.05, 4.69) is 12.2 Å². The first-order valence-electron chi connectivity index (χ1n) is 8.31. The fourth-order valence-corrected chi connectivity index (χ4v) is 3.72. The molecule has 0 aromatic rings. The smallest absolute Gasteiger partial charge is 0.317 e. The van der Waals surface area contributed by atoms with Gasteiger partial charge in [-0.2, -0.15) is 0 Å². The number of rotatable bonds is 6. The van der Waals surface area contributed by atoms with Gasteiger partial charge in [-0.25, -0.2) is 0 Å². The van der Waals surface area contributed by atoms with E-state index in [9.17, 15) is 9.59 Å². The van der Waals surface area contributed by atoms with Gasteiger partial charge in [0.05, 0.1) is 13.1 Å². The number of carboxylic acids is 1. The molecule has 2 unspecified atom stereocenters. The van der Waals surface area contributed by atoms with Crippen LogP contribution in [0.1, 0.15) is 58.3 Å². The first kappa shape index (κ1) is 16.3. The van der Waals surface area contributed by atoms with Crippen LogP contribution in [-0.4, -0.2) is 47.1 Å². The Bertz CT molecular complexity index is 367. The van der Waals surface area contributed by atoms with Gasteiger partial charge < -0.3 is 10.4 Å². The second kappa shape index (κ2) is 7.78. The van der Waals surface area contributed by atoms with Crippen molar-refractivity contribution >= 4 is 11.9 Å². The van der Waals surface area contributed by atoms with Crippen molar-refractivity contribution in [3.05, 3.63) is 0 Å². The molecule has 1 amide bonds. The summed E-state index contributed by atoms with van der Waals surface area (Å²) in [5, 5.41) is 12.2. The highest BCUT2D eigenvalue weighted by atomic mass is 16.4. The van der Waals surface area contributed by atoms with Crippen molar-refractivity contribution in [2.45, 2.75) is 70.4 Å². The maximum absolute atomic E-state index is 12.3. The largest absolute Gasteiger partial charge is 0.480 e. The minimum atomic E-state index is -0.847. The van der Waals surface area contributed by atoms with Crippen molar-refractivity contribution in [2.75, 3.05) is 13.1 Å². The van der Waals surface area contributed by atoms with Gasteiger partial charge in [-0.15, -0.1) is 0 Å². The zero-order valence-electron chi connectivity index (χ0n) is 13.0. The Morgan fingerprint density at radius 1 is 1.05 bits per heavy atom. The lowest BCUT2D eigenvalue weighted by Crippen LogP contribution is -2.48. The number of carbonyl (C=O) groups excluding carboxylic acids is 1. The van der Waals surface area contributed by atoms with Gasteiger partial charge >= 0.3 is 5.97 Å². The number of hydrogen-bond acceptors (Lipinski definition) is 3. The monoisotopic (exact) mass is 296 g/mol. The predicted octanol–water partition coefficient (Wildman–Crippen LogP) is 2.01. The van der Waals surface area contributed by atoms with Crippen LogP contribution in [0.25, 0.3) is 0 Å². The van der Waals surface area contributed by atoms with Gasteiger partial charge in [0.1, 0.15) is 0 Å². The number of hydrogen-bond donors (Lipinski definition) is 2. The maximum Gasteiger partial charge on any atom is 0.317 e. The average molecular weight is 296 g/mol. The van der Waals surface area contributed by atoms with E-state index in [1.165, 1.54) is 19.3 Å². The van der Waals surface area contributed by atoms with Crippen LogP contribution in [-0.2, 0) is 9.59 Å². The highest BCUT2D eigenvalue weighted by molar-refractivity contribution is 5.79. The van der Waals surface area contributed by atoms with E-state index in [4.69, 9.17) is 5.11 Å². The second-order valence-corrected chi connectivity index (χ2v) is 6.67. The summed E-state index contributed by atoms with van der Waals surface area (Å²) in [6.45, 7) is 2.38. The van der Waals surface area contributed by atoms with Crippen molar-refractivity contribution in [3.8, 4) is 0 Å². The maximum atomic E-state index is 12.3. The van der Waals surface area contributed by atoms with E-state index < -0.39 is 5.97 Å². The third kappa shape index (κ3) is 4.99. The summed E-state index contributed by atoms with van der Waals surface area (Å²) in [6.07, 6.45) is 8.96. The summed E-state index contributed by atoms with van der Waals surface area (Å²) in [6, 6.07) is 0.525. The summed E-state index contributed by atoms with van der Waals surface area (Å²) >= 11 is 0. The van der Waals surface area contributed by atoms with E-state index in [1.54, 1.807) is 0 Å². The number of nitrogens with zero attached hydrogens (tertiary/aromatic N) is 1. The molecule has 2 atom stereocenters. The van der Waals surface area contributed by atoms with Crippen molar-refractivity contribution in [2.24, 2.45) is 5.92 Å². The molecule has 0 saturated heterocycles. The molecule has 2 N–H and O–H groups in total. The number of amides is 1. The van der Waals surface area contributed by atoms with Crippen molar-refractivity contribution in [1.82, 2.24) is 10.2 Å². The molecular formula is C16H28N2O3.